The number of carbonyl (C=O) groups excluding carboxylic acids is 2. The van der Waals surface area contributed by atoms with Crippen molar-refractivity contribution in [3.8, 4) is 11.5 Å². The summed E-state index contributed by atoms with van der Waals surface area (Å²) < 4.78 is 40.8. The van der Waals surface area contributed by atoms with Crippen molar-refractivity contribution in [3.05, 3.63) is 119 Å². The van der Waals surface area contributed by atoms with E-state index in [-0.39, 0.29) is 41.2 Å². The Morgan fingerprint density at radius 1 is 0.875 bits per heavy atom. The van der Waals surface area contributed by atoms with Crippen LogP contribution in [0.4, 0.5) is 5.69 Å². The minimum Gasteiger partial charge on any atom is -0.497 e. The van der Waals surface area contributed by atoms with Gasteiger partial charge < -0.3 is 19.7 Å². The normalized spacial score (nSPS) is 12.5. The van der Waals surface area contributed by atoms with Crippen molar-refractivity contribution in [2.75, 3.05) is 25.1 Å². The summed E-state index contributed by atoms with van der Waals surface area (Å²) >= 11 is 6.34. The number of halogens is 1. The summed E-state index contributed by atoms with van der Waals surface area (Å²) in [5.41, 5.74) is 2.50. The Morgan fingerprint density at radius 2 is 1.56 bits per heavy atom. The third-order valence-electron chi connectivity index (χ3n) is 8.06. The Labute approximate surface area is 288 Å². The van der Waals surface area contributed by atoms with Crippen molar-refractivity contribution in [3.63, 3.8) is 0 Å². The van der Waals surface area contributed by atoms with E-state index < -0.39 is 28.5 Å². The number of hydrogen-bond donors (Lipinski definition) is 1. The van der Waals surface area contributed by atoms with E-state index in [2.05, 4.69) is 5.32 Å². The van der Waals surface area contributed by atoms with Crippen LogP contribution < -0.4 is 19.1 Å². The molecule has 0 bridgehead atoms. The molecule has 48 heavy (non-hydrogen) atoms. The summed E-state index contributed by atoms with van der Waals surface area (Å²) in [6, 6.07) is 26.4. The molecule has 0 saturated carbocycles. The van der Waals surface area contributed by atoms with E-state index in [1.807, 2.05) is 57.2 Å². The predicted octanol–water partition coefficient (Wildman–Crippen LogP) is 6.42. The first-order valence-electron chi connectivity index (χ1n) is 15.7. The number of anilines is 1. The molecule has 2 amide bonds. The molecule has 4 rings (SSSR count). The van der Waals surface area contributed by atoms with Crippen LogP contribution in [0.15, 0.2) is 102 Å². The van der Waals surface area contributed by atoms with Gasteiger partial charge in [0.05, 0.1) is 24.8 Å². The van der Waals surface area contributed by atoms with E-state index in [1.165, 1.54) is 37.3 Å². The molecular weight excluding hydrogens is 650 g/mol. The quantitative estimate of drug-likeness (QED) is 0.154. The van der Waals surface area contributed by atoms with Gasteiger partial charge in [0.25, 0.3) is 10.0 Å². The van der Waals surface area contributed by atoms with Gasteiger partial charge in [-0.05, 0) is 67.8 Å². The highest BCUT2D eigenvalue weighted by atomic mass is 35.5. The van der Waals surface area contributed by atoms with Crippen LogP contribution in [0, 0.1) is 6.92 Å². The van der Waals surface area contributed by atoms with Crippen LogP contribution in [0.3, 0.4) is 0 Å². The van der Waals surface area contributed by atoms with E-state index in [4.69, 9.17) is 21.1 Å². The SMILES string of the molecule is CCC(C)NC(=O)C(Cc1ccccc1)N(Cc1cccc(Cl)c1)C(=O)CN(c1cc(OC)ccc1OC)S(=O)(=O)c1ccc(C)cc1. The number of aryl methyl sites for hydroxylation is 1. The number of ether oxygens (including phenoxy) is 2. The van der Waals surface area contributed by atoms with Gasteiger partial charge in [0, 0.05) is 30.1 Å². The fraction of sp³-hybridized carbons (Fsp3) is 0.297. The average Bonchev–Trinajstić information content (AvgIpc) is 3.08. The Balaban J connectivity index is 1.87. The molecule has 0 aliphatic heterocycles. The molecular formula is C37H42ClN3O6S. The van der Waals surface area contributed by atoms with Gasteiger partial charge in [-0.25, -0.2) is 8.42 Å². The van der Waals surface area contributed by atoms with E-state index in [0.29, 0.717) is 22.8 Å². The zero-order chi connectivity index (χ0) is 34.8. The molecule has 4 aromatic carbocycles. The summed E-state index contributed by atoms with van der Waals surface area (Å²) in [7, 11) is -1.45. The van der Waals surface area contributed by atoms with E-state index in [0.717, 1.165) is 15.4 Å². The van der Waals surface area contributed by atoms with Crippen molar-refractivity contribution in [1.82, 2.24) is 10.2 Å². The maximum Gasteiger partial charge on any atom is 0.264 e. The van der Waals surface area contributed by atoms with Crippen LogP contribution in [-0.4, -0.2) is 58.0 Å². The van der Waals surface area contributed by atoms with Crippen LogP contribution >= 0.6 is 11.6 Å². The molecule has 254 valence electrons. The number of benzene rings is 4. The van der Waals surface area contributed by atoms with Crippen molar-refractivity contribution < 1.29 is 27.5 Å². The van der Waals surface area contributed by atoms with Crippen LogP contribution in [0.25, 0.3) is 0 Å². The van der Waals surface area contributed by atoms with Gasteiger partial charge >= 0.3 is 0 Å². The molecule has 4 aromatic rings. The minimum atomic E-state index is -4.34. The molecule has 0 aliphatic rings. The second-order valence-electron chi connectivity index (χ2n) is 11.5. The number of rotatable bonds is 15. The summed E-state index contributed by atoms with van der Waals surface area (Å²) in [5, 5.41) is 3.50. The van der Waals surface area contributed by atoms with Crippen molar-refractivity contribution in [2.45, 2.75) is 57.1 Å². The molecule has 0 radical (unpaired) electrons. The van der Waals surface area contributed by atoms with Gasteiger partial charge in [-0.15, -0.1) is 0 Å². The fourth-order valence-electron chi connectivity index (χ4n) is 5.17. The second-order valence-corrected chi connectivity index (χ2v) is 13.8. The molecule has 2 atom stereocenters. The van der Waals surface area contributed by atoms with Gasteiger partial charge in [-0.3, -0.25) is 13.9 Å². The lowest BCUT2D eigenvalue weighted by Crippen LogP contribution is -2.54. The lowest BCUT2D eigenvalue weighted by Gasteiger charge is -2.34. The van der Waals surface area contributed by atoms with Gasteiger partial charge in [-0.1, -0.05) is 78.7 Å². The Hall–Kier alpha value is -4.54. The predicted molar refractivity (Wildman–Crippen MR) is 189 cm³/mol. The highest BCUT2D eigenvalue weighted by Gasteiger charge is 2.36. The molecule has 0 fully saturated rings. The molecule has 0 spiro atoms. The molecule has 0 aliphatic carbocycles. The molecule has 0 aromatic heterocycles. The number of methoxy groups -OCH3 is 2. The van der Waals surface area contributed by atoms with E-state index >= 15 is 0 Å². The standard InChI is InChI=1S/C37H42ClN3O6S/c1-6-27(3)39-37(43)34(22-28-11-8-7-9-12-28)40(24-29-13-10-14-30(38)21-29)36(42)25-41(33-23-31(46-4)17-20-35(33)47-5)48(44,45)32-18-15-26(2)16-19-32/h7-21,23,27,34H,6,22,24-25H2,1-5H3,(H,39,43). The van der Waals surface area contributed by atoms with Crippen LogP contribution in [0.1, 0.15) is 37.0 Å². The number of nitrogens with one attached hydrogen (secondary N) is 1. The fourth-order valence-corrected chi connectivity index (χ4v) is 6.80. The maximum absolute atomic E-state index is 14.7. The third-order valence-corrected chi connectivity index (χ3v) is 10.1. The maximum atomic E-state index is 14.7. The number of nitrogens with zero attached hydrogens (tertiary/aromatic N) is 2. The van der Waals surface area contributed by atoms with Gasteiger partial charge in [0.15, 0.2) is 0 Å². The second kappa shape index (κ2) is 16.5. The first kappa shape index (κ1) is 36.3. The molecule has 9 nitrogen and oxygen atoms in total. The van der Waals surface area contributed by atoms with E-state index in [9.17, 15) is 18.0 Å². The van der Waals surface area contributed by atoms with Crippen molar-refractivity contribution in [2.24, 2.45) is 0 Å². The minimum absolute atomic E-state index is 0.00150. The third kappa shape index (κ3) is 9.08. The zero-order valence-electron chi connectivity index (χ0n) is 27.9. The molecule has 2 unspecified atom stereocenters. The van der Waals surface area contributed by atoms with Crippen LogP contribution in [0.2, 0.25) is 5.02 Å². The number of sulfonamides is 1. The summed E-state index contributed by atoms with van der Waals surface area (Å²) in [6.07, 6.45) is 0.882. The van der Waals surface area contributed by atoms with Gasteiger partial charge in [0.2, 0.25) is 11.8 Å². The van der Waals surface area contributed by atoms with E-state index in [1.54, 1.807) is 42.5 Å². The molecule has 11 heteroatoms. The molecule has 0 heterocycles. The Kier molecular flexibility index (Phi) is 12.5. The van der Waals surface area contributed by atoms with Gasteiger partial charge in [0.1, 0.15) is 24.1 Å². The Morgan fingerprint density at radius 3 is 2.19 bits per heavy atom. The van der Waals surface area contributed by atoms with Crippen molar-refractivity contribution in [1.29, 1.82) is 0 Å². The van der Waals surface area contributed by atoms with Crippen molar-refractivity contribution >= 4 is 39.1 Å². The summed E-state index contributed by atoms with van der Waals surface area (Å²) in [6.45, 7) is 5.07. The van der Waals surface area contributed by atoms with Gasteiger partial charge in [-0.2, -0.15) is 0 Å². The molecule has 1 N–H and O–H groups in total. The first-order valence-corrected chi connectivity index (χ1v) is 17.5. The van der Waals surface area contributed by atoms with Crippen LogP contribution in [0.5, 0.6) is 11.5 Å². The first-order chi connectivity index (χ1) is 23.0. The largest absolute Gasteiger partial charge is 0.497 e. The lowest BCUT2D eigenvalue weighted by molar-refractivity contribution is -0.140. The average molecular weight is 692 g/mol. The lowest BCUT2D eigenvalue weighted by atomic mass is 10.0. The number of amides is 2. The van der Waals surface area contributed by atoms with Crippen LogP contribution in [-0.2, 0) is 32.6 Å². The smallest absolute Gasteiger partial charge is 0.264 e. The topological polar surface area (TPSA) is 105 Å². The zero-order valence-corrected chi connectivity index (χ0v) is 29.4. The number of hydrogen-bond acceptors (Lipinski definition) is 6. The monoisotopic (exact) mass is 691 g/mol. The summed E-state index contributed by atoms with van der Waals surface area (Å²) in [5.74, 6) is -0.365. The number of carbonyl (C=O) groups is 2. The molecule has 0 saturated heterocycles. The summed E-state index contributed by atoms with van der Waals surface area (Å²) in [4.78, 5) is 30.2. The Bertz CT molecular complexity index is 1800. The highest BCUT2D eigenvalue weighted by Crippen LogP contribution is 2.36. The highest BCUT2D eigenvalue weighted by molar-refractivity contribution is 7.92.